The summed E-state index contributed by atoms with van der Waals surface area (Å²) in [7, 11) is -2.23. The van der Waals surface area contributed by atoms with Crippen LogP contribution in [0.15, 0.2) is 72.8 Å². The van der Waals surface area contributed by atoms with E-state index in [-0.39, 0.29) is 24.3 Å². The molecular formula is C33H46BrNO6Si. The number of halogens is 1. The highest BCUT2D eigenvalue weighted by molar-refractivity contribution is 9.09. The predicted octanol–water partition coefficient (Wildman–Crippen LogP) is 7.46. The molecule has 4 rings (SSSR count). The van der Waals surface area contributed by atoms with Crippen LogP contribution < -0.4 is 0 Å². The summed E-state index contributed by atoms with van der Waals surface area (Å²) in [6.45, 7) is 16.0. The molecule has 4 atom stereocenters. The van der Waals surface area contributed by atoms with E-state index in [1.165, 1.54) is 0 Å². The number of benzene rings is 2. The van der Waals surface area contributed by atoms with E-state index in [4.69, 9.17) is 23.4 Å². The Balaban J connectivity index is 1.81. The highest BCUT2D eigenvalue weighted by Crippen LogP contribution is 2.44. The molecule has 2 aromatic rings. The molecule has 0 aromatic heterocycles. The molecule has 2 fully saturated rings. The van der Waals surface area contributed by atoms with E-state index in [0.29, 0.717) is 18.5 Å². The van der Waals surface area contributed by atoms with E-state index >= 15 is 0 Å². The Morgan fingerprint density at radius 3 is 2.24 bits per heavy atom. The van der Waals surface area contributed by atoms with Gasteiger partial charge in [0, 0.05) is 11.9 Å². The highest BCUT2D eigenvalue weighted by atomic mass is 79.9. The second-order valence-electron chi connectivity index (χ2n) is 13.1. The number of carbonyl (C=O) groups excluding carboxylic acids is 1. The summed E-state index contributed by atoms with van der Waals surface area (Å²) >= 11 is 3.51. The second kappa shape index (κ2) is 13.3. The van der Waals surface area contributed by atoms with E-state index in [1.54, 1.807) is 4.90 Å². The van der Waals surface area contributed by atoms with Gasteiger partial charge in [0.2, 0.25) is 0 Å². The lowest BCUT2D eigenvalue weighted by molar-refractivity contribution is -0.348. The number of rotatable bonds is 11. The van der Waals surface area contributed by atoms with Gasteiger partial charge in [0.05, 0.1) is 13.2 Å². The zero-order valence-electron chi connectivity index (χ0n) is 26.0. The van der Waals surface area contributed by atoms with Crippen LogP contribution >= 0.6 is 15.9 Å². The number of ether oxygens (including phenoxy) is 4. The van der Waals surface area contributed by atoms with Gasteiger partial charge in [-0.25, -0.2) is 4.79 Å². The maximum absolute atomic E-state index is 13.6. The van der Waals surface area contributed by atoms with Gasteiger partial charge >= 0.3 is 6.09 Å². The van der Waals surface area contributed by atoms with Crippen LogP contribution in [0.3, 0.4) is 0 Å². The van der Waals surface area contributed by atoms with Crippen molar-refractivity contribution >= 4 is 30.3 Å². The molecule has 2 aliphatic heterocycles. The first-order valence-corrected chi connectivity index (χ1v) is 18.7. The molecule has 0 spiro atoms. The van der Waals surface area contributed by atoms with Gasteiger partial charge < -0.3 is 23.4 Å². The van der Waals surface area contributed by atoms with E-state index in [9.17, 15) is 4.79 Å². The Hall–Kier alpha value is -2.01. The van der Waals surface area contributed by atoms with E-state index in [2.05, 4.69) is 49.8 Å². The Morgan fingerprint density at radius 1 is 1.02 bits per heavy atom. The summed E-state index contributed by atoms with van der Waals surface area (Å²) in [6.07, 6.45) is 2.04. The van der Waals surface area contributed by atoms with Crippen molar-refractivity contribution in [3.63, 3.8) is 0 Å². The molecular weight excluding hydrogens is 614 g/mol. The van der Waals surface area contributed by atoms with Crippen molar-refractivity contribution in [3.8, 4) is 0 Å². The van der Waals surface area contributed by atoms with Crippen molar-refractivity contribution in [1.29, 1.82) is 0 Å². The number of nitrogens with zero attached hydrogens (tertiary/aromatic N) is 1. The fraction of sp³-hybridized carbons (Fsp3) is 0.545. The van der Waals surface area contributed by atoms with Gasteiger partial charge in [-0.2, -0.15) is 0 Å². The number of amides is 1. The smallest absolute Gasteiger partial charge is 0.410 e. The Kier molecular flexibility index (Phi) is 10.4. The number of hydrogen-bond acceptors (Lipinski definition) is 6. The summed E-state index contributed by atoms with van der Waals surface area (Å²) in [5.74, 6) is -0.952. The molecule has 2 aliphatic rings. The van der Waals surface area contributed by atoms with Crippen LogP contribution in [0.1, 0.15) is 45.7 Å². The third-order valence-corrected chi connectivity index (χ3v) is 13.4. The average Bonchev–Trinajstić information content (AvgIpc) is 3.25. The van der Waals surface area contributed by atoms with Gasteiger partial charge in [-0.1, -0.05) is 110 Å². The first kappa shape index (κ1) is 32.9. The number of hydrogen-bond donors (Lipinski definition) is 0. The number of cyclic esters (lactones) is 1. The lowest BCUT2D eigenvalue weighted by Gasteiger charge is -2.53. The molecule has 0 N–H and O–H groups in total. The molecule has 0 radical (unpaired) electrons. The number of carbonyl (C=O) groups is 1. The first-order chi connectivity index (χ1) is 19.8. The van der Waals surface area contributed by atoms with Gasteiger partial charge in [0.1, 0.15) is 30.5 Å². The third-order valence-electron chi connectivity index (χ3n) is 8.56. The minimum Gasteiger partial charge on any atom is -0.447 e. The van der Waals surface area contributed by atoms with Crippen molar-refractivity contribution in [2.24, 2.45) is 0 Å². The van der Waals surface area contributed by atoms with Crippen molar-refractivity contribution in [2.45, 2.75) is 95.5 Å². The fourth-order valence-corrected chi connectivity index (χ4v) is 6.40. The summed E-state index contributed by atoms with van der Waals surface area (Å²) in [4.78, 5) is 15.4. The van der Waals surface area contributed by atoms with Crippen LogP contribution in [0.25, 0.3) is 0 Å². The molecule has 9 heteroatoms. The Morgan fingerprint density at radius 2 is 1.64 bits per heavy atom. The zero-order chi connectivity index (χ0) is 30.6. The molecule has 7 nitrogen and oxygen atoms in total. The van der Waals surface area contributed by atoms with Crippen LogP contribution in [0.5, 0.6) is 0 Å². The van der Waals surface area contributed by atoms with Crippen molar-refractivity contribution in [3.05, 3.63) is 83.9 Å². The normalized spacial score (nSPS) is 26.5. The van der Waals surface area contributed by atoms with Crippen molar-refractivity contribution in [2.75, 3.05) is 18.5 Å². The van der Waals surface area contributed by atoms with Crippen LogP contribution in [-0.4, -0.2) is 67.5 Å². The van der Waals surface area contributed by atoms with Gasteiger partial charge in [0.25, 0.3) is 0 Å². The highest BCUT2D eigenvalue weighted by Gasteiger charge is 2.61. The van der Waals surface area contributed by atoms with Gasteiger partial charge in [-0.15, -0.1) is 0 Å². The van der Waals surface area contributed by atoms with Crippen molar-refractivity contribution < 1.29 is 28.2 Å². The quantitative estimate of drug-likeness (QED) is 0.142. The SMILES string of the molecule is CC1(C)O[C@@H](/C=C/CBr)[C@@H](OCc2ccccc2)[C@@H]([C@]2(CO[Si](C)(C)C(C)(C)C)COC(=O)N2Cc2ccccc2)O1. The molecule has 1 amide bonds. The minimum absolute atomic E-state index is 0.0257. The molecule has 2 aromatic carbocycles. The molecule has 0 unspecified atom stereocenters. The fourth-order valence-electron chi connectivity index (χ4n) is 5.14. The van der Waals surface area contributed by atoms with E-state index in [1.807, 2.05) is 86.7 Å². The van der Waals surface area contributed by atoms with Crippen LogP contribution in [0.2, 0.25) is 18.1 Å². The maximum atomic E-state index is 13.6. The van der Waals surface area contributed by atoms with Crippen LogP contribution in [0.4, 0.5) is 4.79 Å². The molecule has 0 saturated carbocycles. The lowest BCUT2D eigenvalue weighted by atomic mass is 9.85. The summed E-state index contributed by atoms with van der Waals surface area (Å²) in [5.41, 5.74) is 1.07. The Labute approximate surface area is 260 Å². The molecule has 0 aliphatic carbocycles. The molecule has 0 bridgehead atoms. The van der Waals surface area contributed by atoms with Crippen LogP contribution in [0, 0.1) is 0 Å². The van der Waals surface area contributed by atoms with Gasteiger partial charge in [0.15, 0.2) is 14.1 Å². The van der Waals surface area contributed by atoms with Gasteiger partial charge in [-0.3, -0.25) is 4.90 Å². The van der Waals surface area contributed by atoms with Gasteiger partial charge in [-0.05, 0) is 43.1 Å². The monoisotopic (exact) mass is 659 g/mol. The molecule has 42 heavy (non-hydrogen) atoms. The number of allylic oxidation sites excluding steroid dienone is 1. The Bertz CT molecular complexity index is 1200. The molecule has 2 saturated heterocycles. The standard InChI is InChI=1S/C33H46BrNO6Si/c1-31(2,3)42(6,7)39-24-33(23-38-30(36)35(33)21-25-15-10-8-11-16-25)29-28(37-22-26-17-12-9-13-18-26)27(19-14-20-34)40-32(4,5)41-29/h8-19,27-29H,20-24H2,1-7H3/b19-14+/t27-,28+,29-,33+/m0/s1. The zero-order valence-corrected chi connectivity index (χ0v) is 28.6. The van der Waals surface area contributed by atoms with Crippen LogP contribution in [-0.2, 0) is 36.5 Å². The molecule has 2 heterocycles. The third kappa shape index (κ3) is 7.55. The lowest BCUT2D eigenvalue weighted by Crippen LogP contribution is -2.70. The minimum atomic E-state index is -2.23. The van der Waals surface area contributed by atoms with E-state index < -0.39 is 38.0 Å². The second-order valence-corrected chi connectivity index (χ2v) is 18.6. The number of alkyl halides is 1. The first-order valence-electron chi connectivity index (χ1n) is 14.6. The summed E-state index contributed by atoms with van der Waals surface area (Å²) in [5, 5.41) is 0.646. The summed E-state index contributed by atoms with van der Waals surface area (Å²) < 4.78 is 32.8. The predicted molar refractivity (Wildman–Crippen MR) is 171 cm³/mol. The average molecular weight is 661 g/mol. The topological polar surface area (TPSA) is 66.5 Å². The van der Waals surface area contributed by atoms with Crippen molar-refractivity contribution in [1.82, 2.24) is 4.90 Å². The molecule has 230 valence electrons. The maximum Gasteiger partial charge on any atom is 0.410 e. The van der Waals surface area contributed by atoms with E-state index in [0.717, 1.165) is 11.1 Å². The largest absolute Gasteiger partial charge is 0.447 e. The summed E-state index contributed by atoms with van der Waals surface area (Å²) in [6, 6.07) is 20.0.